The average Bonchev–Trinajstić information content (AvgIpc) is 3.29. The standard InChI is InChI=1S/C25H20N4O3/c30-24(28-16-19-12-8-7-11-18(19)15-21(28)25(31)32)22-26-23(17-9-3-1-4-10-17)29(27-22)20-13-5-2-6-14-20/h1-14,21H,15-16H2,(H,31,32)/t21-/m0/s1. The van der Waals surface area contributed by atoms with E-state index in [-0.39, 0.29) is 18.8 Å². The number of amides is 1. The van der Waals surface area contributed by atoms with Gasteiger partial charge in [-0.2, -0.15) is 0 Å². The van der Waals surface area contributed by atoms with Gasteiger partial charge in [0.1, 0.15) is 6.04 Å². The van der Waals surface area contributed by atoms with E-state index in [0.29, 0.717) is 5.82 Å². The van der Waals surface area contributed by atoms with Gasteiger partial charge in [-0.05, 0) is 23.3 Å². The number of hydrogen-bond donors (Lipinski definition) is 1. The summed E-state index contributed by atoms with van der Waals surface area (Å²) in [7, 11) is 0. The number of carbonyl (C=O) groups is 2. The van der Waals surface area contributed by atoms with Crippen LogP contribution in [0.25, 0.3) is 17.1 Å². The van der Waals surface area contributed by atoms with Gasteiger partial charge in [0.15, 0.2) is 5.82 Å². The summed E-state index contributed by atoms with van der Waals surface area (Å²) in [6.07, 6.45) is 0.252. The minimum Gasteiger partial charge on any atom is -0.480 e. The monoisotopic (exact) mass is 424 g/mol. The van der Waals surface area contributed by atoms with E-state index in [4.69, 9.17) is 0 Å². The van der Waals surface area contributed by atoms with Gasteiger partial charge in [-0.1, -0.05) is 72.8 Å². The lowest BCUT2D eigenvalue weighted by Crippen LogP contribution is -2.49. The molecule has 0 fully saturated rings. The molecular formula is C25H20N4O3. The van der Waals surface area contributed by atoms with Crippen molar-refractivity contribution in [3.05, 3.63) is 102 Å². The molecule has 0 radical (unpaired) electrons. The van der Waals surface area contributed by atoms with Crippen molar-refractivity contribution in [3.63, 3.8) is 0 Å². The van der Waals surface area contributed by atoms with Crippen LogP contribution in [-0.2, 0) is 17.8 Å². The van der Waals surface area contributed by atoms with Crippen molar-refractivity contribution in [1.29, 1.82) is 0 Å². The molecule has 5 rings (SSSR count). The van der Waals surface area contributed by atoms with Gasteiger partial charge in [0.2, 0.25) is 5.82 Å². The maximum Gasteiger partial charge on any atom is 0.326 e. The molecule has 4 aromatic rings. The van der Waals surface area contributed by atoms with Gasteiger partial charge in [0, 0.05) is 18.5 Å². The van der Waals surface area contributed by atoms with Crippen molar-refractivity contribution < 1.29 is 14.7 Å². The third-order valence-corrected chi connectivity index (χ3v) is 5.63. The molecule has 0 spiro atoms. The molecule has 0 aliphatic carbocycles. The average molecular weight is 424 g/mol. The first-order valence-electron chi connectivity index (χ1n) is 10.3. The van der Waals surface area contributed by atoms with Crippen LogP contribution in [0.2, 0.25) is 0 Å². The maximum absolute atomic E-state index is 13.5. The first-order valence-corrected chi connectivity index (χ1v) is 10.3. The summed E-state index contributed by atoms with van der Waals surface area (Å²) in [5.41, 5.74) is 3.44. The summed E-state index contributed by atoms with van der Waals surface area (Å²) in [5.74, 6) is -1.06. The van der Waals surface area contributed by atoms with Gasteiger partial charge in [-0.3, -0.25) is 4.79 Å². The van der Waals surface area contributed by atoms with Crippen molar-refractivity contribution in [2.24, 2.45) is 0 Å². The molecular weight excluding hydrogens is 404 g/mol. The number of carboxylic acid groups (broad SMARTS) is 1. The highest BCUT2D eigenvalue weighted by atomic mass is 16.4. The molecule has 1 amide bonds. The number of carbonyl (C=O) groups excluding carboxylic acids is 1. The largest absolute Gasteiger partial charge is 0.480 e. The van der Waals surface area contributed by atoms with E-state index in [9.17, 15) is 14.7 Å². The van der Waals surface area contributed by atoms with Gasteiger partial charge in [-0.15, -0.1) is 5.10 Å². The second kappa shape index (κ2) is 8.11. The van der Waals surface area contributed by atoms with E-state index in [1.807, 2.05) is 84.9 Å². The number of nitrogens with zero attached hydrogens (tertiary/aromatic N) is 4. The van der Waals surface area contributed by atoms with Crippen molar-refractivity contribution in [1.82, 2.24) is 19.7 Å². The van der Waals surface area contributed by atoms with Gasteiger partial charge in [-0.25, -0.2) is 14.5 Å². The van der Waals surface area contributed by atoms with Crippen LogP contribution in [0.3, 0.4) is 0 Å². The van der Waals surface area contributed by atoms with E-state index in [1.54, 1.807) is 4.68 Å². The van der Waals surface area contributed by atoms with E-state index < -0.39 is 17.9 Å². The van der Waals surface area contributed by atoms with Gasteiger partial charge in [0.05, 0.1) is 5.69 Å². The quantitative estimate of drug-likeness (QED) is 0.541. The van der Waals surface area contributed by atoms with Crippen molar-refractivity contribution in [3.8, 4) is 17.1 Å². The Morgan fingerprint density at radius 1 is 0.844 bits per heavy atom. The van der Waals surface area contributed by atoms with Crippen LogP contribution >= 0.6 is 0 Å². The molecule has 7 heteroatoms. The summed E-state index contributed by atoms with van der Waals surface area (Å²) in [6.45, 7) is 0.201. The van der Waals surface area contributed by atoms with Crippen molar-refractivity contribution >= 4 is 11.9 Å². The number of carboxylic acids is 1. The van der Waals surface area contributed by atoms with Crippen LogP contribution < -0.4 is 0 Å². The fourth-order valence-corrected chi connectivity index (χ4v) is 4.01. The van der Waals surface area contributed by atoms with E-state index >= 15 is 0 Å². The summed E-state index contributed by atoms with van der Waals surface area (Å²) in [4.78, 5) is 31.4. The van der Waals surface area contributed by atoms with E-state index in [1.165, 1.54) is 4.90 Å². The highest BCUT2D eigenvalue weighted by Crippen LogP contribution is 2.26. The van der Waals surface area contributed by atoms with Crippen molar-refractivity contribution in [2.75, 3.05) is 0 Å². The minimum atomic E-state index is -1.04. The van der Waals surface area contributed by atoms with Gasteiger partial charge < -0.3 is 10.0 Å². The third-order valence-electron chi connectivity index (χ3n) is 5.63. The fourth-order valence-electron chi connectivity index (χ4n) is 4.01. The van der Waals surface area contributed by atoms with Crippen LogP contribution in [0, 0.1) is 0 Å². The topological polar surface area (TPSA) is 88.3 Å². The lowest BCUT2D eigenvalue weighted by molar-refractivity contribution is -0.142. The molecule has 0 unspecified atom stereocenters. The zero-order valence-electron chi connectivity index (χ0n) is 17.1. The Kier molecular flexibility index (Phi) is 4.99. The number of aliphatic carboxylic acids is 1. The first kappa shape index (κ1) is 19.7. The molecule has 3 aromatic carbocycles. The number of fused-ring (bicyclic) bond motifs is 1. The molecule has 158 valence electrons. The van der Waals surface area contributed by atoms with Gasteiger partial charge in [0.25, 0.3) is 5.91 Å². The SMILES string of the molecule is O=C(O)[C@@H]1Cc2ccccc2CN1C(=O)c1nc(-c2ccccc2)n(-c2ccccc2)n1. The predicted molar refractivity (Wildman–Crippen MR) is 118 cm³/mol. The third kappa shape index (κ3) is 3.54. The molecule has 32 heavy (non-hydrogen) atoms. The zero-order valence-corrected chi connectivity index (χ0v) is 17.1. The molecule has 0 bridgehead atoms. The van der Waals surface area contributed by atoms with Crippen LogP contribution in [0.4, 0.5) is 0 Å². The molecule has 2 heterocycles. The minimum absolute atomic E-state index is 0.0293. The summed E-state index contributed by atoms with van der Waals surface area (Å²) in [5, 5.41) is 14.3. The highest BCUT2D eigenvalue weighted by Gasteiger charge is 2.36. The van der Waals surface area contributed by atoms with E-state index in [0.717, 1.165) is 22.4 Å². The highest BCUT2D eigenvalue weighted by molar-refractivity contribution is 5.94. The zero-order chi connectivity index (χ0) is 22.1. The van der Waals surface area contributed by atoms with Crippen LogP contribution in [0.15, 0.2) is 84.9 Å². The summed E-state index contributed by atoms with van der Waals surface area (Å²) < 4.78 is 1.62. The Morgan fingerprint density at radius 3 is 2.16 bits per heavy atom. The number of rotatable bonds is 4. The second-order valence-corrected chi connectivity index (χ2v) is 7.63. The fraction of sp³-hybridized carbons (Fsp3) is 0.120. The normalized spacial score (nSPS) is 15.2. The molecule has 0 saturated heterocycles. The smallest absolute Gasteiger partial charge is 0.326 e. The molecule has 1 aromatic heterocycles. The second-order valence-electron chi connectivity index (χ2n) is 7.63. The molecule has 1 N–H and O–H groups in total. The molecule has 1 aliphatic heterocycles. The number of benzene rings is 3. The lowest BCUT2D eigenvalue weighted by atomic mass is 9.94. The molecule has 1 atom stereocenters. The number of aromatic nitrogens is 3. The Morgan fingerprint density at radius 2 is 1.47 bits per heavy atom. The maximum atomic E-state index is 13.5. The van der Waals surface area contributed by atoms with Crippen LogP contribution in [0.1, 0.15) is 21.7 Å². The number of hydrogen-bond acceptors (Lipinski definition) is 4. The van der Waals surface area contributed by atoms with E-state index in [2.05, 4.69) is 10.1 Å². The molecule has 7 nitrogen and oxygen atoms in total. The Balaban J connectivity index is 1.58. The summed E-state index contributed by atoms with van der Waals surface area (Å²) in [6, 6.07) is 25.5. The van der Waals surface area contributed by atoms with Crippen LogP contribution in [-0.4, -0.2) is 42.7 Å². The Labute approximate surface area is 184 Å². The number of para-hydroxylation sites is 1. The first-order chi connectivity index (χ1) is 15.6. The van der Waals surface area contributed by atoms with Crippen molar-refractivity contribution in [2.45, 2.75) is 19.0 Å². The Hall–Kier alpha value is -4.26. The lowest BCUT2D eigenvalue weighted by Gasteiger charge is -2.33. The van der Waals surface area contributed by atoms with Gasteiger partial charge >= 0.3 is 5.97 Å². The Bertz CT molecular complexity index is 1230. The van der Waals surface area contributed by atoms with Crippen LogP contribution in [0.5, 0.6) is 0 Å². The molecule has 0 saturated carbocycles. The molecule has 1 aliphatic rings. The summed E-state index contributed by atoms with van der Waals surface area (Å²) >= 11 is 0. The predicted octanol–water partition coefficient (Wildman–Crippen LogP) is 3.59.